The molecule has 8 nitrogen and oxygen atoms in total. The summed E-state index contributed by atoms with van der Waals surface area (Å²) in [6.45, 7) is 0.233. The Bertz CT molecular complexity index is 959. The Hall–Kier alpha value is -3.55. The molecule has 8 heteroatoms. The number of nitrogens with zero attached hydrogens (tertiary/aromatic N) is 2. The number of fused-ring (bicyclic) bond motifs is 2. The van der Waals surface area contributed by atoms with E-state index in [1.165, 1.54) is 9.80 Å². The fraction of sp³-hybridized carbons (Fsp3) is 0.250. The number of hydrogen-bond donors (Lipinski definition) is 1. The van der Waals surface area contributed by atoms with E-state index in [9.17, 15) is 14.4 Å². The minimum atomic E-state index is -0.321. The molecule has 0 bridgehead atoms. The van der Waals surface area contributed by atoms with E-state index >= 15 is 0 Å². The lowest BCUT2D eigenvalue weighted by atomic mass is 10.1. The Morgan fingerprint density at radius 1 is 1.11 bits per heavy atom. The number of likely N-dealkylation sites (N-methyl/N-ethyl adjacent to an activating group) is 1. The second-order valence-corrected chi connectivity index (χ2v) is 6.62. The highest BCUT2D eigenvalue weighted by atomic mass is 16.7. The molecular formula is C20H19N3O5. The summed E-state index contributed by atoms with van der Waals surface area (Å²) in [7, 11) is 1.57. The van der Waals surface area contributed by atoms with Gasteiger partial charge in [-0.05, 0) is 29.8 Å². The lowest BCUT2D eigenvalue weighted by molar-refractivity contribution is -0.124. The second-order valence-electron chi connectivity index (χ2n) is 6.62. The molecule has 0 spiro atoms. The summed E-state index contributed by atoms with van der Waals surface area (Å²) in [5, 5.41) is 2.80. The molecule has 2 aromatic rings. The van der Waals surface area contributed by atoms with Gasteiger partial charge in [-0.1, -0.05) is 18.2 Å². The molecule has 0 saturated carbocycles. The predicted octanol–water partition coefficient (Wildman–Crippen LogP) is 1.15. The number of benzene rings is 2. The monoisotopic (exact) mass is 381 g/mol. The summed E-state index contributed by atoms with van der Waals surface area (Å²) in [6.07, 6.45) is 0. The molecule has 0 aliphatic carbocycles. The lowest BCUT2D eigenvalue weighted by Gasteiger charge is -2.21. The van der Waals surface area contributed by atoms with E-state index in [1.54, 1.807) is 37.4 Å². The van der Waals surface area contributed by atoms with Crippen LogP contribution in [0, 0.1) is 0 Å². The van der Waals surface area contributed by atoms with Gasteiger partial charge in [-0.25, -0.2) is 0 Å². The molecule has 0 radical (unpaired) electrons. The van der Waals surface area contributed by atoms with Crippen molar-refractivity contribution in [2.75, 3.05) is 31.8 Å². The third-order valence-corrected chi connectivity index (χ3v) is 4.67. The molecule has 0 aromatic heterocycles. The maximum atomic E-state index is 12.6. The highest BCUT2D eigenvalue weighted by Gasteiger charge is 2.30. The SMILES string of the molecule is CN1CC(=O)N(CC(=O)NCc2ccc3c(c2)OCO3)c2ccccc2C1=O. The maximum Gasteiger partial charge on any atom is 0.256 e. The highest BCUT2D eigenvalue weighted by Crippen LogP contribution is 2.32. The molecule has 28 heavy (non-hydrogen) atoms. The van der Waals surface area contributed by atoms with Gasteiger partial charge in [-0.3, -0.25) is 14.4 Å². The topological polar surface area (TPSA) is 88.2 Å². The first kappa shape index (κ1) is 17.8. The van der Waals surface area contributed by atoms with Crippen molar-refractivity contribution in [1.82, 2.24) is 10.2 Å². The van der Waals surface area contributed by atoms with Crippen LogP contribution < -0.4 is 19.7 Å². The first-order valence-electron chi connectivity index (χ1n) is 8.83. The van der Waals surface area contributed by atoms with Gasteiger partial charge in [0.1, 0.15) is 13.1 Å². The Balaban J connectivity index is 1.47. The lowest BCUT2D eigenvalue weighted by Crippen LogP contribution is -2.43. The summed E-state index contributed by atoms with van der Waals surface area (Å²) >= 11 is 0. The predicted molar refractivity (Wildman–Crippen MR) is 100 cm³/mol. The van der Waals surface area contributed by atoms with Crippen molar-refractivity contribution in [2.45, 2.75) is 6.54 Å². The Kier molecular flexibility index (Phi) is 4.60. The Morgan fingerprint density at radius 2 is 1.89 bits per heavy atom. The van der Waals surface area contributed by atoms with E-state index < -0.39 is 0 Å². The molecule has 0 fully saturated rings. The van der Waals surface area contributed by atoms with E-state index in [1.807, 2.05) is 12.1 Å². The van der Waals surface area contributed by atoms with Crippen LogP contribution >= 0.6 is 0 Å². The summed E-state index contributed by atoms with van der Waals surface area (Å²) in [5.41, 5.74) is 1.70. The number of nitrogens with one attached hydrogen (secondary N) is 1. The van der Waals surface area contributed by atoms with Crippen LogP contribution in [0.3, 0.4) is 0 Å². The average molecular weight is 381 g/mol. The van der Waals surface area contributed by atoms with Crippen molar-refractivity contribution in [3.8, 4) is 11.5 Å². The normalized spacial score (nSPS) is 15.3. The number of ether oxygens (including phenoxy) is 2. The first-order chi connectivity index (χ1) is 13.5. The minimum Gasteiger partial charge on any atom is -0.454 e. The number of carbonyl (C=O) groups is 3. The van der Waals surface area contributed by atoms with Crippen molar-refractivity contribution in [1.29, 1.82) is 0 Å². The fourth-order valence-corrected chi connectivity index (χ4v) is 3.21. The standard InChI is InChI=1S/C20H19N3O5/c1-22-11-19(25)23(15-5-3-2-4-14(15)20(22)26)10-18(24)21-9-13-6-7-16-17(8-13)28-12-27-16/h2-8H,9-12H2,1H3,(H,21,24). The number of para-hydroxylation sites is 1. The van der Waals surface area contributed by atoms with Crippen molar-refractivity contribution in [3.63, 3.8) is 0 Å². The second kappa shape index (κ2) is 7.22. The summed E-state index contributed by atoms with van der Waals surface area (Å²) in [6, 6.07) is 12.2. The van der Waals surface area contributed by atoms with Gasteiger partial charge in [0.05, 0.1) is 11.3 Å². The quantitative estimate of drug-likeness (QED) is 0.858. The van der Waals surface area contributed by atoms with Gasteiger partial charge in [-0.15, -0.1) is 0 Å². The van der Waals surface area contributed by atoms with Crippen molar-refractivity contribution < 1.29 is 23.9 Å². The van der Waals surface area contributed by atoms with E-state index in [4.69, 9.17) is 9.47 Å². The Labute approximate surface area is 161 Å². The zero-order valence-corrected chi connectivity index (χ0v) is 15.3. The molecule has 2 aliphatic heterocycles. The molecule has 2 aromatic carbocycles. The van der Waals surface area contributed by atoms with Gasteiger partial charge >= 0.3 is 0 Å². The maximum absolute atomic E-state index is 12.6. The number of hydrogen-bond acceptors (Lipinski definition) is 5. The largest absolute Gasteiger partial charge is 0.454 e. The molecule has 4 rings (SSSR count). The third kappa shape index (κ3) is 3.36. The van der Waals surface area contributed by atoms with E-state index in [2.05, 4.69) is 5.32 Å². The van der Waals surface area contributed by atoms with Crippen molar-refractivity contribution in [3.05, 3.63) is 53.6 Å². The molecular weight excluding hydrogens is 362 g/mol. The number of anilines is 1. The number of rotatable bonds is 4. The molecule has 3 amide bonds. The van der Waals surface area contributed by atoms with E-state index in [0.29, 0.717) is 22.7 Å². The molecule has 0 atom stereocenters. The van der Waals surface area contributed by atoms with Crippen molar-refractivity contribution >= 4 is 23.4 Å². The van der Waals surface area contributed by atoms with Crippen LogP contribution in [0.2, 0.25) is 0 Å². The van der Waals surface area contributed by atoms with Crippen LogP contribution in [0.5, 0.6) is 11.5 Å². The smallest absolute Gasteiger partial charge is 0.256 e. The zero-order chi connectivity index (χ0) is 19.7. The number of carbonyl (C=O) groups excluding carboxylic acids is 3. The molecule has 2 aliphatic rings. The van der Waals surface area contributed by atoms with Gasteiger partial charge in [0, 0.05) is 13.6 Å². The van der Waals surface area contributed by atoms with Crippen LogP contribution in [0.15, 0.2) is 42.5 Å². The van der Waals surface area contributed by atoms with Crippen LogP contribution in [0.1, 0.15) is 15.9 Å². The van der Waals surface area contributed by atoms with Crippen LogP contribution in [0.4, 0.5) is 5.69 Å². The minimum absolute atomic E-state index is 0.0804. The van der Waals surface area contributed by atoms with Crippen LogP contribution in [0.25, 0.3) is 0 Å². The van der Waals surface area contributed by atoms with Gasteiger partial charge in [0.2, 0.25) is 18.6 Å². The molecule has 0 saturated heterocycles. The van der Waals surface area contributed by atoms with Gasteiger partial charge in [0.15, 0.2) is 11.5 Å². The fourth-order valence-electron chi connectivity index (χ4n) is 3.21. The van der Waals surface area contributed by atoms with Gasteiger partial charge < -0.3 is 24.6 Å². The van der Waals surface area contributed by atoms with E-state index in [-0.39, 0.29) is 44.1 Å². The Morgan fingerprint density at radius 3 is 2.75 bits per heavy atom. The van der Waals surface area contributed by atoms with Crippen LogP contribution in [-0.2, 0) is 16.1 Å². The highest BCUT2D eigenvalue weighted by molar-refractivity contribution is 6.11. The first-order valence-corrected chi connectivity index (χ1v) is 8.83. The average Bonchev–Trinajstić information content (AvgIpc) is 3.14. The van der Waals surface area contributed by atoms with Gasteiger partial charge in [-0.2, -0.15) is 0 Å². The molecule has 144 valence electrons. The zero-order valence-electron chi connectivity index (χ0n) is 15.3. The molecule has 2 heterocycles. The summed E-state index contributed by atoms with van der Waals surface area (Å²) in [4.78, 5) is 40.2. The molecule has 0 unspecified atom stereocenters. The summed E-state index contributed by atoms with van der Waals surface area (Å²) in [5.74, 6) is 0.449. The van der Waals surface area contributed by atoms with Crippen LogP contribution in [-0.4, -0.2) is 49.6 Å². The van der Waals surface area contributed by atoms with Gasteiger partial charge in [0.25, 0.3) is 5.91 Å². The third-order valence-electron chi connectivity index (χ3n) is 4.67. The molecule has 1 N–H and O–H groups in total. The van der Waals surface area contributed by atoms with E-state index in [0.717, 1.165) is 5.56 Å². The van der Waals surface area contributed by atoms with Crippen molar-refractivity contribution in [2.24, 2.45) is 0 Å². The number of amides is 3. The summed E-state index contributed by atoms with van der Waals surface area (Å²) < 4.78 is 10.6.